The van der Waals surface area contributed by atoms with E-state index >= 15 is 0 Å². The van der Waals surface area contributed by atoms with Crippen molar-refractivity contribution in [3.63, 3.8) is 0 Å². The number of aryl methyl sites for hydroxylation is 2. The summed E-state index contributed by atoms with van der Waals surface area (Å²) in [6, 6.07) is 0. The third-order valence-corrected chi connectivity index (χ3v) is 2.41. The van der Waals surface area contributed by atoms with E-state index in [1.54, 1.807) is 0 Å². The molecule has 1 heterocycles. The zero-order valence-electron chi connectivity index (χ0n) is 11.4. The fourth-order valence-electron chi connectivity index (χ4n) is 1.60. The second-order valence-corrected chi connectivity index (χ2v) is 4.45. The summed E-state index contributed by atoms with van der Waals surface area (Å²) in [5.41, 5.74) is 0. The topological polar surface area (TPSA) is 52.0 Å². The highest BCUT2D eigenvalue weighted by atomic mass is 16.5. The van der Waals surface area contributed by atoms with Crippen molar-refractivity contribution in [3.8, 4) is 0 Å². The molecule has 5 nitrogen and oxygen atoms in total. The Morgan fingerprint density at radius 2 is 2.06 bits per heavy atom. The highest BCUT2D eigenvalue weighted by molar-refractivity contribution is 4.87. The monoisotopic (exact) mass is 240 g/mol. The van der Waals surface area contributed by atoms with Crippen LogP contribution in [0, 0.1) is 13.8 Å². The molecule has 1 N–H and O–H groups in total. The summed E-state index contributed by atoms with van der Waals surface area (Å²) < 4.78 is 7.40. The van der Waals surface area contributed by atoms with Crippen LogP contribution in [-0.2, 0) is 11.3 Å². The summed E-state index contributed by atoms with van der Waals surface area (Å²) in [4.78, 5) is 4.26. The number of rotatable bonds is 8. The van der Waals surface area contributed by atoms with Crippen molar-refractivity contribution in [2.24, 2.45) is 0 Å². The third-order valence-electron chi connectivity index (χ3n) is 2.41. The van der Waals surface area contributed by atoms with E-state index in [1.807, 2.05) is 18.5 Å². The summed E-state index contributed by atoms with van der Waals surface area (Å²) in [6.45, 7) is 11.6. The summed E-state index contributed by atoms with van der Waals surface area (Å²) in [5, 5.41) is 7.68. The summed E-state index contributed by atoms with van der Waals surface area (Å²) in [6.07, 6.45) is 1.38. The van der Waals surface area contributed by atoms with Gasteiger partial charge < -0.3 is 10.1 Å². The van der Waals surface area contributed by atoms with Crippen molar-refractivity contribution in [3.05, 3.63) is 11.6 Å². The molecule has 0 aromatic carbocycles. The molecule has 1 rings (SSSR count). The van der Waals surface area contributed by atoms with Crippen molar-refractivity contribution in [1.82, 2.24) is 20.1 Å². The summed E-state index contributed by atoms with van der Waals surface area (Å²) in [7, 11) is 0. The number of hydrogen-bond donors (Lipinski definition) is 1. The van der Waals surface area contributed by atoms with Gasteiger partial charge in [0.25, 0.3) is 0 Å². The lowest BCUT2D eigenvalue weighted by atomic mass is 10.4. The van der Waals surface area contributed by atoms with E-state index in [4.69, 9.17) is 4.74 Å². The Kier molecular flexibility index (Phi) is 6.15. The molecule has 0 saturated carbocycles. The van der Waals surface area contributed by atoms with Crippen LogP contribution < -0.4 is 5.32 Å². The van der Waals surface area contributed by atoms with Crippen LogP contribution in [0.25, 0.3) is 0 Å². The summed E-state index contributed by atoms with van der Waals surface area (Å²) >= 11 is 0. The van der Waals surface area contributed by atoms with Crippen LogP contribution in [0.3, 0.4) is 0 Å². The van der Waals surface area contributed by atoms with Crippen LogP contribution in [-0.4, -0.2) is 40.6 Å². The predicted molar refractivity (Wildman–Crippen MR) is 68.1 cm³/mol. The lowest BCUT2D eigenvalue weighted by Gasteiger charge is -2.08. The first kappa shape index (κ1) is 14.1. The van der Waals surface area contributed by atoms with Crippen LogP contribution in [0.15, 0.2) is 0 Å². The van der Waals surface area contributed by atoms with Gasteiger partial charge >= 0.3 is 0 Å². The lowest BCUT2D eigenvalue weighted by molar-refractivity contribution is 0.0771. The van der Waals surface area contributed by atoms with Crippen LogP contribution in [0.2, 0.25) is 0 Å². The Balaban J connectivity index is 2.03. The van der Waals surface area contributed by atoms with Gasteiger partial charge in [-0.15, -0.1) is 0 Å². The van der Waals surface area contributed by atoms with Crippen LogP contribution >= 0.6 is 0 Å². The van der Waals surface area contributed by atoms with E-state index in [0.717, 1.165) is 44.3 Å². The average molecular weight is 240 g/mol. The summed E-state index contributed by atoms with van der Waals surface area (Å²) in [5.74, 6) is 1.82. The van der Waals surface area contributed by atoms with Gasteiger partial charge in [0.15, 0.2) is 0 Å². The van der Waals surface area contributed by atoms with E-state index < -0.39 is 0 Å². The highest BCUT2D eigenvalue weighted by Crippen LogP contribution is 1.94. The minimum atomic E-state index is 0.329. The number of hydrogen-bond acceptors (Lipinski definition) is 4. The van der Waals surface area contributed by atoms with Crippen LogP contribution in [0.4, 0.5) is 0 Å². The molecule has 0 bridgehead atoms. The molecule has 1 aromatic rings. The molecular weight excluding hydrogens is 216 g/mol. The Morgan fingerprint density at radius 3 is 2.65 bits per heavy atom. The van der Waals surface area contributed by atoms with Crippen molar-refractivity contribution < 1.29 is 4.74 Å². The zero-order valence-corrected chi connectivity index (χ0v) is 11.4. The van der Waals surface area contributed by atoms with Crippen molar-refractivity contribution >= 4 is 0 Å². The fraction of sp³-hybridized carbons (Fsp3) is 0.833. The van der Waals surface area contributed by atoms with E-state index in [0.29, 0.717) is 6.10 Å². The van der Waals surface area contributed by atoms with Gasteiger partial charge in [-0.05, 0) is 40.7 Å². The number of aromatic nitrogens is 3. The van der Waals surface area contributed by atoms with Gasteiger partial charge in [0.05, 0.1) is 12.6 Å². The Hall–Kier alpha value is -0.940. The normalized spacial score (nSPS) is 11.4. The molecule has 0 fully saturated rings. The number of nitrogens with one attached hydrogen (secondary N) is 1. The van der Waals surface area contributed by atoms with E-state index in [-0.39, 0.29) is 0 Å². The molecular formula is C12H24N4O. The van der Waals surface area contributed by atoms with Gasteiger partial charge in [-0.3, -0.25) is 0 Å². The maximum Gasteiger partial charge on any atom is 0.147 e. The quantitative estimate of drug-likeness (QED) is 0.696. The second kappa shape index (κ2) is 7.40. The maximum absolute atomic E-state index is 5.46. The largest absolute Gasteiger partial charge is 0.379 e. The molecule has 17 heavy (non-hydrogen) atoms. The van der Waals surface area contributed by atoms with Gasteiger partial charge in [0.1, 0.15) is 11.6 Å². The first-order valence-electron chi connectivity index (χ1n) is 6.30. The van der Waals surface area contributed by atoms with Crippen molar-refractivity contribution in [2.75, 3.05) is 19.7 Å². The molecule has 5 heteroatoms. The smallest absolute Gasteiger partial charge is 0.147 e. The Labute approximate surface area is 104 Å². The first-order chi connectivity index (χ1) is 8.09. The molecule has 0 aliphatic heterocycles. The standard InChI is InChI=1S/C12H24N4O/c1-10(2)17-9-5-6-13-7-8-16-12(4)14-11(3)15-16/h10,13H,5-9H2,1-4H3. The second-order valence-electron chi connectivity index (χ2n) is 4.45. The molecule has 0 unspecified atom stereocenters. The molecule has 0 aliphatic rings. The maximum atomic E-state index is 5.46. The van der Waals surface area contributed by atoms with Gasteiger partial charge in [-0.1, -0.05) is 0 Å². The molecule has 0 amide bonds. The van der Waals surface area contributed by atoms with E-state index in [1.165, 1.54) is 0 Å². The van der Waals surface area contributed by atoms with Crippen LogP contribution in [0.5, 0.6) is 0 Å². The van der Waals surface area contributed by atoms with Crippen LogP contribution in [0.1, 0.15) is 31.9 Å². The van der Waals surface area contributed by atoms with E-state index in [2.05, 4.69) is 29.2 Å². The first-order valence-corrected chi connectivity index (χ1v) is 6.30. The highest BCUT2D eigenvalue weighted by Gasteiger charge is 2.00. The van der Waals surface area contributed by atoms with Crippen molar-refractivity contribution in [2.45, 2.75) is 46.8 Å². The predicted octanol–water partition coefficient (Wildman–Crippen LogP) is 1.30. The van der Waals surface area contributed by atoms with E-state index in [9.17, 15) is 0 Å². The number of nitrogens with zero attached hydrogens (tertiary/aromatic N) is 3. The Morgan fingerprint density at radius 1 is 1.29 bits per heavy atom. The Bertz CT molecular complexity index is 322. The SMILES string of the molecule is Cc1nc(C)n(CCNCCCOC(C)C)n1. The molecule has 0 radical (unpaired) electrons. The third kappa shape index (κ3) is 5.79. The molecule has 0 saturated heterocycles. The minimum Gasteiger partial charge on any atom is -0.379 e. The number of ether oxygens (including phenoxy) is 1. The molecule has 1 aromatic heterocycles. The fourth-order valence-corrected chi connectivity index (χ4v) is 1.60. The molecule has 0 atom stereocenters. The van der Waals surface area contributed by atoms with Gasteiger partial charge in [0.2, 0.25) is 0 Å². The van der Waals surface area contributed by atoms with Gasteiger partial charge in [-0.2, -0.15) is 5.10 Å². The zero-order chi connectivity index (χ0) is 12.7. The van der Waals surface area contributed by atoms with Gasteiger partial charge in [-0.25, -0.2) is 9.67 Å². The minimum absolute atomic E-state index is 0.329. The average Bonchev–Trinajstić information content (AvgIpc) is 2.55. The lowest BCUT2D eigenvalue weighted by Crippen LogP contribution is -2.23. The molecule has 0 aliphatic carbocycles. The molecule has 98 valence electrons. The van der Waals surface area contributed by atoms with Crippen molar-refractivity contribution in [1.29, 1.82) is 0 Å². The van der Waals surface area contributed by atoms with Gasteiger partial charge in [0, 0.05) is 13.2 Å². The molecule has 0 spiro atoms.